The van der Waals surface area contributed by atoms with Crippen LogP contribution in [0.2, 0.25) is 20.1 Å². The first-order chi connectivity index (χ1) is 11.0. The van der Waals surface area contributed by atoms with Crippen LogP contribution in [0.5, 0.6) is 0 Å². The summed E-state index contributed by atoms with van der Waals surface area (Å²) in [7, 11) is 0. The molecule has 0 atom stereocenters. The Balaban J connectivity index is 1.93. The quantitative estimate of drug-likeness (QED) is 0.559. The summed E-state index contributed by atoms with van der Waals surface area (Å²) < 4.78 is 0. The van der Waals surface area contributed by atoms with E-state index in [1.807, 2.05) is 6.07 Å². The molecule has 1 heterocycles. The van der Waals surface area contributed by atoms with Gasteiger partial charge in [-0.3, -0.25) is 0 Å². The minimum Gasteiger partial charge on any atom is -0.323 e. The van der Waals surface area contributed by atoms with Gasteiger partial charge in [-0.2, -0.15) is 0 Å². The molecule has 0 saturated heterocycles. The average molecular weight is 385 g/mol. The Kier molecular flexibility index (Phi) is 4.93. The number of benzene rings is 2. The maximum absolute atomic E-state index is 6.22. The van der Waals surface area contributed by atoms with Gasteiger partial charge in [-0.15, -0.1) is 0 Å². The number of anilines is 2. The molecule has 0 radical (unpaired) electrons. The fourth-order valence-electron chi connectivity index (χ4n) is 1.98. The first-order valence-corrected chi connectivity index (χ1v) is 8.04. The molecule has 0 amide bonds. The van der Waals surface area contributed by atoms with Gasteiger partial charge in [0.05, 0.1) is 21.4 Å². The van der Waals surface area contributed by atoms with Crippen LogP contribution < -0.4 is 5.32 Å². The number of aromatic nitrogens is 2. The molecule has 0 aliphatic rings. The van der Waals surface area contributed by atoms with Crippen molar-refractivity contribution in [1.82, 2.24) is 9.97 Å². The van der Waals surface area contributed by atoms with E-state index in [1.54, 1.807) is 42.6 Å². The smallest absolute Gasteiger partial charge is 0.227 e. The van der Waals surface area contributed by atoms with Gasteiger partial charge in [0.25, 0.3) is 0 Å². The van der Waals surface area contributed by atoms with E-state index < -0.39 is 0 Å². The molecule has 1 N–H and O–H groups in total. The van der Waals surface area contributed by atoms with Gasteiger partial charge in [0.2, 0.25) is 5.95 Å². The third-order valence-electron chi connectivity index (χ3n) is 3.04. The van der Waals surface area contributed by atoms with Crippen LogP contribution in [0.25, 0.3) is 11.3 Å². The maximum Gasteiger partial charge on any atom is 0.227 e. The Morgan fingerprint density at radius 3 is 2.17 bits per heavy atom. The number of halogens is 4. The Morgan fingerprint density at radius 2 is 1.48 bits per heavy atom. The third kappa shape index (κ3) is 3.88. The van der Waals surface area contributed by atoms with Crippen LogP contribution in [0.4, 0.5) is 11.6 Å². The maximum atomic E-state index is 6.22. The zero-order valence-corrected chi connectivity index (χ0v) is 14.5. The van der Waals surface area contributed by atoms with Gasteiger partial charge < -0.3 is 5.32 Å². The molecule has 0 aliphatic carbocycles. The fraction of sp³-hybridized carbons (Fsp3) is 0. The van der Waals surface area contributed by atoms with Crippen molar-refractivity contribution in [3.8, 4) is 11.3 Å². The van der Waals surface area contributed by atoms with Crippen LogP contribution in [0.15, 0.2) is 48.7 Å². The zero-order valence-electron chi connectivity index (χ0n) is 11.5. The number of nitrogens with one attached hydrogen (secondary N) is 1. The van der Waals surface area contributed by atoms with Crippen molar-refractivity contribution in [2.75, 3.05) is 5.32 Å². The van der Waals surface area contributed by atoms with Gasteiger partial charge in [0, 0.05) is 21.8 Å². The summed E-state index contributed by atoms with van der Waals surface area (Å²) in [5, 5.41) is 5.19. The van der Waals surface area contributed by atoms with Crippen LogP contribution in [-0.2, 0) is 0 Å². The number of hydrogen-bond donors (Lipinski definition) is 1. The predicted octanol–water partition coefficient (Wildman–Crippen LogP) is 6.50. The van der Waals surface area contributed by atoms with Crippen LogP contribution in [0, 0.1) is 0 Å². The largest absolute Gasteiger partial charge is 0.323 e. The summed E-state index contributed by atoms with van der Waals surface area (Å²) in [6.07, 6.45) is 1.64. The summed E-state index contributed by atoms with van der Waals surface area (Å²) in [5.74, 6) is 0.401. The Labute approximate surface area is 153 Å². The molecule has 0 aliphatic heterocycles. The second kappa shape index (κ2) is 6.93. The van der Waals surface area contributed by atoms with Crippen LogP contribution in [0.3, 0.4) is 0 Å². The molecule has 0 saturated carbocycles. The zero-order chi connectivity index (χ0) is 16.4. The molecule has 3 nitrogen and oxygen atoms in total. The van der Waals surface area contributed by atoms with Gasteiger partial charge in [-0.25, -0.2) is 9.97 Å². The molecule has 23 heavy (non-hydrogen) atoms. The van der Waals surface area contributed by atoms with E-state index in [-0.39, 0.29) is 0 Å². The highest BCUT2D eigenvalue weighted by Crippen LogP contribution is 2.31. The second-order valence-corrected chi connectivity index (χ2v) is 6.33. The monoisotopic (exact) mass is 383 g/mol. The van der Waals surface area contributed by atoms with Gasteiger partial charge in [0.1, 0.15) is 0 Å². The molecule has 0 unspecified atom stereocenters. The SMILES string of the molecule is Clc1ccc(Nc2nccc(-c3ccc(Cl)cc3Cl)n2)c(Cl)c1. The summed E-state index contributed by atoms with van der Waals surface area (Å²) in [6.45, 7) is 0. The molecule has 7 heteroatoms. The van der Waals surface area contributed by atoms with Crippen molar-refractivity contribution in [2.24, 2.45) is 0 Å². The van der Waals surface area contributed by atoms with Crippen LogP contribution in [-0.4, -0.2) is 9.97 Å². The third-order valence-corrected chi connectivity index (χ3v) is 4.14. The molecule has 0 bridgehead atoms. The lowest BCUT2D eigenvalue weighted by molar-refractivity contribution is 1.17. The fourth-order valence-corrected chi connectivity index (χ4v) is 2.94. The van der Waals surface area contributed by atoms with Gasteiger partial charge in [-0.1, -0.05) is 46.4 Å². The van der Waals surface area contributed by atoms with Crippen LogP contribution in [0.1, 0.15) is 0 Å². The highest BCUT2D eigenvalue weighted by Gasteiger charge is 2.08. The molecule has 2 aromatic carbocycles. The van der Waals surface area contributed by atoms with Gasteiger partial charge >= 0.3 is 0 Å². The van der Waals surface area contributed by atoms with E-state index in [4.69, 9.17) is 46.4 Å². The lowest BCUT2D eigenvalue weighted by Crippen LogP contribution is -1.98. The van der Waals surface area contributed by atoms with Crippen molar-refractivity contribution in [1.29, 1.82) is 0 Å². The first kappa shape index (κ1) is 16.3. The van der Waals surface area contributed by atoms with E-state index >= 15 is 0 Å². The second-order valence-electron chi connectivity index (χ2n) is 4.64. The minimum atomic E-state index is 0.401. The highest BCUT2D eigenvalue weighted by molar-refractivity contribution is 6.37. The van der Waals surface area contributed by atoms with Crippen molar-refractivity contribution >= 4 is 58.0 Å². The number of rotatable bonds is 3. The van der Waals surface area contributed by atoms with E-state index in [0.717, 1.165) is 5.56 Å². The molecule has 1 aromatic heterocycles. The van der Waals surface area contributed by atoms with Crippen molar-refractivity contribution < 1.29 is 0 Å². The summed E-state index contributed by atoms with van der Waals surface area (Å²) in [5.41, 5.74) is 2.10. The van der Waals surface area contributed by atoms with Crippen molar-refractivity contribution in [3.05, 3.63) is 68.8 Å². The number of hydrogen-bond acceptors (Lipinski definition) is 3. The van der Waals surface area contributed by atoms with Crippen molar-refractivity contribution in [2.45, 2.75) is 0 Å². The lowest BCUT2D eigenvalue weighted by atomic mass is 10.1. The topological polar surface area (TPSA) is 37.8 Å². The molecule has 0 fully saturated rings. The molecule has 0 spiro atoms. The highest BCUT2D eigenvalue weighted by atomic mass is 35.5. The molecular formula is C16H9Cl4N3. The Morgan fingerprint density at radius 1 is 0.783 bits per heavy atom. The molecule has 3 aromatic rings. The van der Waals surface area contributed by atoms with Gasteiger partial charge in [-0.05, 0) is 42.5 Å². The van der Waals surface area contributed by atoms with Crippen molar-refractivity contribution in [3.63, 3.8) is 0 Å². The average Bonchev–Trinajstić information content (AvgIpc) is 2.50. The van der Waals surface area contributed by atoms with E-state index in [0.29, 0.717) is 37.4 Å². The minimum absolute atomic E-state index is 0.401. The summed E-state index contributed by atoms with van der Waals surface area (Å²) >= 11 is 24.2. The Bertz CT molecular complexity index is 868. The summed E-state index contributed by atoms with van der Waals surface area (Å²) in [6, 6.07) is 12.1. The molecular weight excluding hydrogens is 376 g/mol. The number of nitrogens with zero attached hydrogens (tertiary/aromatic N) is 2. The standard InChI is InChI=1S/C16H9Cl4N3/c17-9-1-3-11(12(19)7-9)14-5-6-21-16(22-14)23-15-4-2-10(18)8-13(15)20/h1-8H,(H,21,22,23). The lowest BCUT2D eigenvalue weighted by Gasteiger charge is -2.09. The predicted molar refractivity (Wildman–Crippen MR) is 97.2 cm³/mol. The van der Waals surface area contributed by atoms with Gasteiger partial charge in [0.15, 0.2) is 0 Å². The molecule has 116 valence electrons. The van der Waals surface area contributed by atoms with E-state index in [9.17, 15) is 0 Å². The summed E-state index contributed by atoms with van der Waals surface area (Å²) in [4.78, 5) is 8.64. The van der Waals surface area contributed by atoms with Crippen LogP contribution >= 0.6 is 46.4 Å². The first-order valence-electron chi connectivity index (χ1n) is 6.53. The molecule has 3 rings (SSSR count). The Hall–Kier alpha value is -1.52. The normalized spacial score (nSPS) is 10.6. The van der Waals surface area contributed by atoms with E-state index in [2.05, 4.69) is 15.3 Å². The van der Waals surface area contributed by atoms with E-state index in [1.165, 1.54) is 0 Å².